The van der Waals surface area contributed by atoms with Crippen molar-refractivity contribution in [2.24, 2.45) is 0 Å². The average Bonchev–Trinajstić information content (AvgIpc) is 2.93. The normalized spacial score (nSPS) is 16.0. The SMILES string of the molecule is O=C(O)c1coc(C(=O)NC2(c3ccccc3)CCC2)c1. The zero-order valence-electron chi connectivity index (χ0n) is 11.3. The Hall–Kier alpha value is -2.56. The Kier molecular flexibility index (Phi) is 3.25. The molecule has 108 valence electrons. The van der Waals surface area contributed by atoms with Crippen LogP contribution in [-0.2, 0) is 5.54 Å². The van der Waals surface area contributed by atoms with Gasteiger partial charge in [-0.05, 0) is 24.8 Å². The Bertz CT molecular complexity index is 671. The van der Waals surface area contributed by atoms with Crippen molar-refractivity contribution in [1.29, 1.82) is 0 Å². The summed E-state index contributed by atoms with van der Waals surface area (Å²) in [5.74, 6) is -1.47. The molecule has 1 saturated carbocycles. The number of rotatable bonds is 4. The Morgan fingerprint density at radius 1 is 1.19 bits per heavy atom. The molecule has 1 amide bonds. The minimum absolute atomic E-state index is 0.0228. The lowest BCUT2D eigenvalue weighted by atomic mass is 9.71. The van der Waals surface area contributed by atoms with Crippen LogP contribution in [0.1, 0.15) is 45.7 Å². The van der Waals surface area contributed by atoms with E-state index in [1.54, 1.807) is 0 Å². The zero-order chi connectivity index (χ0) is 14.9. The van der Waals surface area contributed by atoms with Gasteiger partial charge in [-0.25, -0.2) is 4.79 Å². The molecule has 0 bridgehead atoms. The number of benzene rings is 1. The van der Waals surface area contributed by atoms with Gasteiger partial charge in [0.05, 0.1) is 11.1 Å². The van der Waals surface area contributed by atoms with Crippen LogP contribution in [0.2, 0.25) is 0 Å². The summed E-state index contributed by atoms with van der Waals surface area (Å²) < 4.78 is 5.05. The molecule has 1 aromatic heterocycles. The highest BCUT2D eigenvalue weighted by molar-refractivity contribution is 5.95. The summed E-state index contributed by atoms with van der Waals surface area (Å²) in [6.45, 7) is 0. The predicted molar refractivity (Wildman–Crippen MR) is 75.1 cm³/mol. The van der Waals surface area contributed by atoms with Gasteiger partial charge in [0, 0.05) is 6.07 Å². The molecule has 0 aliphatic heterocycles. The molecule has 5 nitrogen and oxygen atoms in total. The summed E-state index contributed by atoms with van der Waals surface area (Å²) in [6, 6.07) is 11.0. The first-order valence-electron chi connectivity index (χ1n) is 6.81. The van der Waals surface area contributed by atoms with E-state index >= 15 is 0 Å². The fourth-order valence-corrected chi connectivity index (χ4v) is 2.62. The fourth-order valence-electron chi connectivity index (χ4n) is 2.62. The number of carbonyl (C=O) groups excluding carboxylic acids is 1. The van der Waals surface area contributed by atoms with Crippen LogP contribution in [0.15, 0.2) is 47.1 Å². The van der Waals surface area contributed by atoms with Crippen LogP contribution < -0.4 is 5.32 Å². The Balaban J connectivity index is 1.81. The summed E-state index contributed by atoms with van der Waals surface area (Å²) in [6.07, 6.45) is 3.87. The minimum Gasteiger partial charge on any atom is -0.478 e. The van der Waals surface area contributed by atoms with Crippen molar-refractivity contribution < 1.29 is 19.1 Å². The van der Waals surface area contributed by atoms with Crippen LogP contribution in [0.5, 0.6) is 0 Å². The lowest BCUT2D eigenvalue weighted by molar-refractivity contribution is 0.0695. The van der Waals surface area contributed by atoms with Crippen LogP contribution in [-0.4, -0.2) is 17.0 Å². The topological polar surface area (TPSA) is 79.5 Å². The molecule has 21 heavy (non-hydrogen) atoms. The summed E-state index contributed by atoms with van der Waals surface area (Å²) in [7, 11) is 0. The maximum absolute atomic E-state index is 12.3. The van der Waals surface area contributed by atoms with E-state index in [1.807, 2.05) is 30.3 Å². The van der Waals surface area contributed by atoms with Gasteiger partial charge in [-0.1, -0.05) is 30.3 Å². The molecule has 2 N–H and O–H groups in total. The average molecular weight is 285 g/mol. The van der Waals surface area contributed by atoms with Gasteiger partial charge in [0.15, 0.2) is 5.76 Å². The fraction of sp³-hybridized carbons (Fsp3) is 0.250. The van der Waals surface area contributed by atoms with Gasteiger partial charge in [0.25, 0.3) is 5.91 Å². The van der Waals surface area contributed by atoms with Gasteiger partial charge in [-0.15, -0.1) is 0 Å². The molecule has 3 rings (SSSR count). The molecule has 0 saturated heterocycles. The van der Waals surface area contributed by atoms with Crippen molar-refractivity contribution >= 4 is 11.9 Å². The minimum atomic E-state index is -1.11. The first kappa shape index (κ1) is 13.4. The molecule has 1 heterocycles. The highest BCUT2D eigenvalue weighted by atomic mass is 16.4. The van der Waals surface area contributed by atoms with Crippen molar-refractivity contribution in [3.8, 4) is 0 Å². The molecular formula is C16H15NO4. The van der Waals surface area contributed by atoms with Gasteiger partial charge in [0.2, 0.25) is 0 Å². The molecule has 0 spiro atoms. The molecule has 5 heteroatoms. The second-order valence-corrected chi connectivity index (χ2v) is 5.26. The molecule has 0 unspecified atom stereocenters. The van der Waals surface area contributed by atoms with Crippen LogP contribution in [0.4, 0.5) is 0 Å². The Morgan fingerprint density at radius 3 is 2.43 bits per heavy atom. The third-order valence-corrected chi connectivity index (χ3v) is 3.96. The highest BCUT2D eigenvalue weighted by Crippen LogP contribution is 2.41. The molecule has 2 aromatic rings. The van der Waals surface area contributed by atoms with Crippen LogP contribution in [0, 0.1) is 0 Å². The molecule has 1 aromatic carbocycles. The first-order valence-corrected chi connectivity index (χ1v) is 6.81. The van der Waals surface area contributed by atoms with E-state index in [0.717, 1.165) is 31.1 Å². The predicted octanol–water partition coefficient (Wildman–Crippen LogP) is 2.79. The van der Waals surface area contributed by atoms with E-state index in [1.165, 1.54) is 6.07 Å². The van der Waals surface area contributed by atoms with Crippen molar-refractivity contribution in [2.75, 3.05) is 0 Å². The third-order valence-electron chi connectivity index (χ3n) is 3.96. The Labute approximate surface area is 121 Å². The van der Waals surface area contributed by atoms with Crippen molar-refractivity contribution in [3.05, 3.63) is 59.5 Å². The van der Waals surface area contributed by atoms with Crippen molar-refractivity contribution in [3.63, 3.8) is 0 Å². The number of nitrogens with one attached hydrogen (secondary N) is 1. The molecule has 0 radical (unpaired) electrons. The highest BCUT2D eigenvalue weighted by Gasteiger charge is 2.40. The molecular weight excluding hydrogens is 270 g/mol. The van der Waals surface area contributed by atoms with E-state index in [2.05, 4.69) is 5.32 Å². The third kappa shape index (κ3) is 2.42. The van der Waals surface area contributed by atoms with E-state index in [4.69, 9.17) is 9.52 Å². The largest absolute Gasteiger partial charge is 0.478 e. The van der Waals surface area contributed by atoms with Gasteiger partial charge < -0.3 is 14.8 Å². The second-order valence-electron chi connectivity index (χ2n) is 5.26. The summed E-state index contributed by atoms with van der Waals surface area (Å²) in [5, 5.41) is 11.8. The number of hydrogen-bond donors (Lipinski definition) is 2. The summed E-state index contributed by atoms with van der Waals surface area (Å²) in [5.41, 5.74) is 0.672. The molecule has 1 aliphatic carbocycles. The number of hydrogen-bond acceptors (Lipinski definition) is 3. The quantitative estimate of drug-likeness (QED) is 0.905. The number of amides is 1. The monoisotopic (exact) mass is 285 g/mol. The number of aromatic carboxylic acids is 1. The van der Waals surface area contributed by atoms with Gasteiger partial charge in [0.1, 0.15) is 6.26 Å². The smallest absolute Gasteiger partial charge is 0.338 e. The Morgan fingerprint density at radius 2 is 1.90 bits per heavy atom. The molecule has 1 aliphatic rings. The first-order chi connectivity index (χ1) is 10.1. The van der Waals surface area contributed by atoms with E-state index in [0.29, 0.717) is 0 Å². The number of furan rings is 1. The molecule has 1 fully saturated rings. The van der Waals surface area contributed by atoms with E-state index in [-0.39, 0.29) is 22.8 Å². The van der Waals surface area contributed by atoms with E-state index in [9.17, 15) is 9.59 Å². The standard InChI is InChI=1S/C16H15NO4/c18-14(13-9-11(10-21-13)15(19)20)17-16(7-4-8-16)12-5-2-1-3-6-12/h1-3,5-6,9-10H,4,7-8H2,(H,17,18)(H,19,20). The lowest BCUT2D eigenvalue weighted by Gasteiger charge is -2.42. The van der Waals surface area contributed by atoms with Crippen LogP contribution in [0.25, 0.3) is 0 Å². The van der Waals surface area contributed by atoms with Crippen molar-refractivity contribution in [2.45, 2.75) is 24.8 Å². The maximum atomic E-state index is 12.3. The summed E-state index contributed by atoms with van der Waals surface area (Å²) >= 11 is 0. The number of carboxylic acid groups (broad SMARTS) is 1. The van der Waals surface area contributed by atoms with Crippen molar-refractivity contribution in [1.82, 2.24) is 5.32 Å². The summed E-state index contributed by atoms with van der Waals surface area (Å²) in [4.78, 5) is 23.1. The van der Waals surface area contributed by atoms with Gasteiger partial charge in [-0.3, -0.25) is 4.79 Å². The number of carboxylic acids is 1. The van der Waals surface area contributed by atoms with Crippen LogP contribution >= 0.6 is 0 Å². The lowest BCUT2D eigenvalue weighted by Crippen LogP contribution is -2.50. The zero-order valence-corrected chi connectivity index (χ0v) is 11.3. The maximum Gasteiger partial charge on any atom is 0.338 e. The number of carbonyl (C=O) groups is 2. The van der Waals surface area contributed by atoms with Gasteiger partial charge >= 0.3 is 5.97 Å². The molecule has 0 atom stereocenters. The van der Waals surface area contributed by atoms with E-state index < -0.39 is 5.97 Å². The van der Waals surface area contributed by atoms with Crippen LogP contribution in [0.3, 0.4) is 0 Å². The van der Waals surface area contributed by atoms with Gasteiger partial charge in [-0.2, -0.15) is 0 Å². The second kappa shape index (κ2) is 5.09.